The number of hydrogen-bond donors (Lipinski definition) is 0. The van der Waals surface area contributed by atoms with E-state index >= 15 is 0 Å². The van der Waals surface area contributed by atoms with Crippen molar-refractivity contribution in [1.29, 1.82) is 0 Å². The summed E-state index contributed by atoms with van der Waals surface area (Å²) in [5.41, 5.74) is 2.31. The molecule has 0 spiro atoms. The Bertz CT molecular complexity index is 789. The summed E-state index contributed by atoms with van der Waals surface area (Å²) >= 11 is 12.2. The van der Waals surface area contributed by atoms with Gasteiger partial charge in [-0.1, -0.05) is 41.4 Å². The van der Waals surface area contributed by atoms with E-state index in [2.05, 4.69) is 11.8 Å². The van der Waals surface area contributed by atoms with Crippen LogP contribution in [0.2, 0.25) is 10.0 Å². The quantitative estimate of drug-likeness (QED) is 0.771. The Kier molecular flexibility index (Phi) is 5.94. The van der Waals surface area contributed by atoms with Crippen molar-refractivity contribution in [1.82, 2.24) is 4.90 Å². The molecule has 4 nitrogen and oxygen atoms in total. The van der Waals surface area contributed by atoms with E-state index in [-0.39, 0.29) is 5.91 Å². The Morgan fingerprint density at radius 1 is 1.08 bits per heavy atom. The Balaban J connectivity index is 1.59. The molecule has 0 bridgehead atoms. The minimum atomic E-state index is -0.575. The molecule has 1 fully saturated rings. The first-order valence-electron chi connectivity index (χ1n) is 8.67. The molecule has 26 heavy (non-hydrogen) atoms. The lowest BCUT2D eigenvalue weighted by atomic mass is 10.1. The summed E-state index contributed by atoms with van der Waals surface area (Å²) in [4.78, 5) is 16.8. The molecular weight excluding hydrogens is 371 g/mol. The van der Waals surface area contributed by atoms with Crippen LogP contribution in [0.1, 0.15) is 12.5 Å². The van der Waals surface area contributed by atoms with Gasteiger partial charge in [0.1, 0.15) is 5.75 Å². The Morgan fingerprint density at radius 2 is 1.77 bits per heavy atom. The number of carbonyl (C=O) groups is 1. The summed E-state index contributed by atoms with van der Waals surface area (Å²) in [5.74, 6) is 0.510. The average Bonchev–Trinajstić information content (AvgIpc) is 2.65. The van der Waals surface area contributed by atoms with Gasteiger partial charge in [-0.25, -0.2) is 0 Å². The predicted octanol–water partition coefficient (Wildman–Crippen LogP) is 4.42. The second-order valence-electron chi connectivity index (χ2n) is 6.43. The van der Waals surface area contributed by atoms with E-state index in [1.807, 2.05) is 35.2 Å². The molecule has 0 radical (unpaired) electrons. The molecule has 1 heterocycles. The molecule has 6 heteroatoms. The number of anilines is 1. The minimum absolute atomic E-state index is 0.0209. The first-order valence-corrected chi connectivity index (χ1v) is 9.42. The maximum Gasteiger partial charge on any atom is 0.263 e. The lowest BCUT2D eigenvalue weighted by Gasteiger charge is -2.37. The van der Waals surface area contributed by atoms with Crippen molar-refractivity contribution in [3.63, 3.8) is 0 Å². The average molecular weight is 393 g/mol. The normalized spacial score (nSPS) is 15.7. The molecule has 3 rings (SSSR count). The van der Waals surface area contributed by atoms with Gasteiger partial charge in [0.05, 0.1) is 5.02 Å². The van der Waals surface area contributed by atoms with E-state index in [4.69, 9.17) is 27.9 Å². The lowest BCUT2D eigenvalue weighted by Crippen LogP contribution is -2.52. The number of carbonyl (C=O) groups excluding carboxylic acids is 1. The number of rotatable bonds is 4. The first kappa shape index (κ1) is 18.9. The highest BCUT2D eigenvalue weighted by Crippen LogP contribution is 2.26. The van der Waals surface area contributed by atoms with E-state index in [9.17, 15) is 4.79 Å². The molecule has 2 aromatic carbocycles. The summed E-state index contributed by atoms with van der Waals surface area (Å²) in [6.07, 6.45) is -0.575. The SMILES string of the molecule is Cc1ccc(Cl)cc1N1CCN(C(=O)[C@@H](C)Oc2ccccc2Cl)CC1. The summed E-state index contributed by atoms with van der Waals surface area (Å²) < 4.78 is 5.75. The van der Waals surface area contributed by atoms with Crippen LogP contribution in [0.5, 0.6) is 5.75 Å². The molecule has 1 aliphatic rings. The summed E-state index contributed by atoms with van der Waals surface area (Å²) in [6, 6.07) is 13.1. The van der Waals surface area contributed by atoms with Gasteiger partial charge in [-0.3, -0.25) is 4.79 Å². The monoisotopic (exact) mass is 392 g/mol. The molecule has 2 aromatic rings. The maximum atomic E-state index is 12.7. The third-order valence-electron chi connectivity index (χ3n) is 4.59. The van der Waals surface area contributed by atoms with Gasteiger partial charge >= 0.3 is 0 Å². The number of ether oxygens (including phenoxy) is 1. The van der Waals surface area contributed by atoms with E-state index in [1.165, 1.54) is 5.56 Å². The van der Waals surface area contributed by atoms with Gasteiger partial charge in [0.15, 0.2) is 6.10 Å². The zero-order valence-corrected chi connectivity index (χ0v) is 16.4. The summed E-state index contributed by atoms with van der Waals surface area (Å²) in [6.45, 7) is 6.68. The van der Waals surface area contributed by atoms with Crippen molar-refractivity contribution >= 4 is 34.8 Å². The highest BCUT2D eigenvalue weighted by atomic mass is 35.5. The van der Waals surface area contributed by atoms with Gasteiger partial charge in [-0.15, -0.1) is 0 Å². The molecule has 0 N–H and O–H groups in total. The van der Waals surface area contributed by atoms with Crippen LogP contribution in [0.4, 0.5) is 5.69 Å². The fraction of sp³-hybridized carbons (Fsp3) is 0.350. The van der Waals surface area contributed by atoms with Crippen LogP contribution in [-0.4, -0.2) is 43.1 Å². The first-order chi connectivity index (χ1) is 12.5. The minimum Gasteiger partial charge on any atom is -0.479 e. The van der Waals surface area contributed by atoms with Crippen LogP contribution in [-0.2, 0) is 4.79 Å². The number of piperazine rings is 1. The smallest absolute Gasteiger partial charge is 0.263 e. The van der Waals surface area contributed by atoms with Crippen molar-refractivity contribution in [3.8, 4) is 5.75 Å². The molecule has 1 atom stereocenters. The maximum absolute atomic E-state index is 12.7. The Labute approximate surface area is 164 Å². The number of para-hydroxylation sites is 1. The van der Waals surface area contributed by atoms with Gasteiger partial charge in [-0.05, 0) is 43.7 Å². The third kappa shape index (κ3) is 4.25. The number of halogens is 2. The Morgan fingerprint density at radius 3 is 2.46 bits per heavy atom. The standard InChI is InChI=1S/C20H22Cl2N2O2/c1-14-7-8-16(21)13-18(14)23-9-11-24(12-10-23)20(25)15(2)26-19-6-4-3-5-17(19)22/h3-8,13,15H,9-12H2,1-2H3/t15-/m1/s1. The van der Waals surface area contributed by atoms with Crippen LogP contribution in [0.3, 0.4) is 0 Å². The molecule has 0 saturated carbocycles. The third-order valence-corrected chi connectivity index (χ3v) is 5.14. The lowest BCUT2D eigenvalue weighted by molar-refractivity contribution is -0.138. The number of hydrogen-bond acceptors (Lipinski definition) is 3. The van der Waals surface area contributed by atoms with Crippen molar-refractivity contribution in [2.45, 2.75) is 20.0 Å². The van der Waals surface area contributed by atoms with E-state index in [0.29, 0.717) is 23.9 Å². The second-order valence-corrected chi connectivity index (χ2v) is 7.28. The molecule has 0 aromatic heterocycles. The van der Waals surface area contributed by atoms with Crippen LogP contribution in [0.25, 0.3) is 0 Å². The fourth-order valence-corrected chi connectivity index (χ4v) is 3.48. The van der Waals surface area contributed by atoms with Gasteiger partial charge in [0, 0.05) is 36.9 Å². The largest absolute Gasteiger partial charge is 0.479 e. The van der Waals surface area contributed by atoms with Gasteiger partial charge in [0.25, 0.3) is 5.91 Å². The van der Waals surface area contributed by atoms with Crippen molar-refractivity contribution in [3.05, 3.63) is 58.1 Å². The van der Waals surface area contributed by atoms with Crippen molar-refractivity contribution in [2.24, 2.45) is 0 Å². The van der Waals surface area contributed by atoms with Crippen LogP contribution < -0.4 is 9.64 Å². The van der Waals surface area contributed by atoms with Crippen molar-refractivity contribution < 1.29 is 9.53 Å². The van der Waals surface area contributed by atoms with Crippen molar-refractivity contribution in [2.75, 3.05) is 31.1 Å². The molecule has 0 unspecified atom stereocenters. The molecule has 1 saturated heterocycles. The molecule has 0 aliphatic carbocycles. The molecule has 138 valence electrons. The molecule has 1 amide bonds. The highest BCUT2D eigenvalue weighted by Gasteiger charge is 2.27. The zero-order valence-electron chi connectivity index (χ0n) is 14.9. The van der Waals surface area contributed by atoms with Gasteiger partial charge in [-0.2, -0.15) is 0 Å². The highest BCUT2D eigenvalue weighted by molar-refractivity contribution is 6.32. The number of amides is 1. The zero-order chi connectivity index (χ0) is 18.7. The second kappa shape index (κ2) is 8.19. The number of nitrogens with zero attached hydrogens (tertiary/aromatic N) is 2. The molecular formula is C20H22Cl2N2O2. The summed E-state index contributed by atoms with van der Waals surface area (Å²) in [7, 11) is 0. The summed E-state index contributed by atoms with van der Waals surface area (Å²) in [5, 5.41) is 1.24. The predicted molar refractivity (Wildman–Crippen MR) is 107 cm³/mol. The fourth-order valence-electron chi connectivity index (χ4n) is 3.13. The number of benzene rings is 2. The van der Waals surface area contributed by atoms with Crippen LogP contribution in [0, 0.1) is 6.92 Å². The van der Waals surface area contributed by atoms with E-state index in [0.717, 1.165) is 23.8 Å². The van der Waals surface area contributed by atoms with Gasteiger partial charge < -0.3 is 14.5 Å². The number of aryl methyl sites for hydroxylation is 1. The molecule has 1 aliphatic heterocycles. The van der Waals surface area contributed by atoms with Crippen LogP contribution in [0.15, 0.2) is 42.5 Å². The van der Waals surface area contributed by atoms with E-state index in [1.54, 1.807) is 19.1 Å². The van der Waals surface area contributed by atoms with E-state index < -0.39 is 6.10 Å². The van der Waals surface area contributed by atoms with Crippen LogP contribution >= 0.6 is 23.2 Å². The Hall–Kier alpha value is -1.91. The van der Waals surface area contributed by atoms with Gasteiger partial charge in [0.2, 0.25) is 0 Å². The topological polar surface area (TPSA) is 32.8 Å².